The molecule has 1 aliphatic heterocycles. The Hall–Kier alpha value is -2.48. The molecule has 2 N–H and O–H groups in total. The molecule has 148 valence electrons. The van der Waals surface area contributed by atoms with E-state index < -0.39 is 11.7 Å². The minimum Gasteiger partial charge on any atom is -0.444 e. The molecule has 1 aliphatic rings. The third-order valence-electron chi connectivity index (χ3n) is 3.70. The molecule has 2 rings (SSSR count). The van der Waals surface area contributed by atoms with Crippen LogP contribution in [0.5, 0.6) is 0 Å². The number of amides is 3. The lowest BCUT2D eigenvalue weighted by Gasteiger charge is -2.29. The quantitative estimate of drug-likeness (QED) is 0.813. The zero-order valence-corrected chi connectivity index (χ0v) is 16.7. The Bertz CT molecular complexity index is 733. The Morgan fingerprint density at radius 1 is 1.37 bits per heavy atom. The number of halogens is 1. The topological polar surface area (TPSA) is 91.0 Å². The molecular formula is C18H25ClN4O4. The smallest absolute Gasteiger partial charge is 0.410 e. The molecule has 1 fully saturated rings. The van der Waals surface area contributed by atoms with E-state index in [-0.39, 0.29) is 24.9 Å². The number of piperazine rings is 1. The SMILES string of the molecule is CN(CC(=O)Nc1ccc(N2CCNC(=O)C2)c(Cl)c1)C(=O)OC(C)(C)C. The van der Waals surface area contributed by atoms with Gasteiger partial charge in [-0.15, -0.1) is 0 Å². The van der Waals surface area contributed by atoms with Crippen molar-refractivity contribution in [3.8, 4) is 0 Å². The van der Waals surface area contributed by atoms with Gasteiger partial charge in [-0.2, -0.15) is 0 Å². The summed E-state index contributed by atoms with van der Waals surface area (Å²) in [6, 6.07) is 5.09. The summed E-state index contributed by atoms with van der Waals surface area (Å²) in [5.74, 6) is -0.426. The van der Waals surface area contributed by atoms with Gasteiger partial charge in [0.15, 0.2) is 0 Å². The van der Waals surface area contributed by atoms with Crippen molar-refractivity contribution in [2.24, 2.45) is 0 Å². The van der Waals surface area contributed by atoms with Gasteiger partial charge in [-0.3, -0.25) is 9.59 Å². The fourth-order valence-corrected chi connectivity index (χ4v) is 2.81. The number of likely N-dealkylation sites (N-methyl/N-ethyl adjacent to an activating group) is 1. The van der Waals surface area contributed by atoms with E-state index in [0.29, 0.717) is 23.8 Å². The number of nitrogens with one attached hydrogen (secondary N) is 2. The number of hydrogen-bond acceptors (Lipinski definition) is 5. The molecule has 1 saturated heterocycles. The van der Waals surface area contributed by atoms with Gasteiger partial charge in [0.1, 0.15) is 12.1 Å². The van der Waals surface area contributed by atoms with Gasteiger partial charge in [-0.05, 0) is 39.0 Å². The molecule has 0 radical (unpaired) electrons. The van der Waals surface area contributed by atoms with Crippen LogP contribution in [0.2, 0.25) is 5.02 Å². The highest BCUT2D eigenvalue weighted by Gasteiger charge is 2.22. The average molecular weight is 397 g/mol. The van der Waals surface area contributed by atoms with E-state index in [9.17, 15) is 14.4 Å². The summed E-state index contributed by atoms with van der Waals surface area (Å²) in [7, 11) is 1.49. The van der Waals surface area contributed by atoms with Crippen LogP contribution < -0.4 is 15.5 Å². The maximum atomic E-state index is 12.2. The minimum atomic E-state index is -0.628. The lowest BCUT2D eigenvalue weighted by atomic mass is 10.2. The summed E-state index contributed by atoms with van der Waals surface area (Å²) < 4.78 is 5.21. The molecule has 8 nitrogen and oxygen atoms in total. The largest absolute Gasteiger partial charge is 0.444 e. The van der Waals surface area contributed by atoms with E-state index >= 15 is 0 Å². The van der Waals surface area contributed by atoms with Crippen LogP contribution in [-0.4, -0.2) is 61.6 Å². The first-order valence-corrected chi connectivity index (χ1v) is 8.98. The Kier molecular flexibility index (Phi) is 6.54. The molecule has 27 heavy (non-hydrogen) atoms. The molecule has 1 aromatic rings. The summed E-state index contributed by atoms with van der Waals surface area (Å²) in [5.41, 5.74) is 0.611. The maximum absolute atomic E-state index is 12.2. The van der Waals surface area contributed by atoms with Crippen LogP contribution >= 0.6 is 11.6 Å². The zero-order valence-electron chi connectivity index (χ0n) is 16.0. The van der Waals surface area contributed by atoms with Gasteiger partial charge in [0.05, 0.1) is 17.3 Å². The molecule has 0 spiro atoms. The van der Waals surface area contributed by atoms with Gasteiger partial charge in [0.25, 0.3) is 0 Å². The fraction of sp³-hybridized carbons (Fsp3) is 0.500. The van der Waals surface area contributed by atoms with Crippen LogP contribution in [0.1, 0.15) is 20.8 Å². The third kappa shape index (κ3) is 6.32. The van der Waals surface area contributed by atoms with Crippen molar-refractivity contribution in [2.45, 2.75) is 26.4 Å². The van der Waals surface area contributed by atoms with Gasteiger partial charge in [0, 0.05) is 25.8 Å². The predicted molar refractivity (Wildman–Crippen MR) is 104 cm³/mol. The molecule has 3 amide bonds. The molecule has 0 saturated carbocycles. The Labute approximate surface area is 163 Å². The molecule has 1 aromatic carbocycles. The molecule has 0 unspecified atom stereocenters. The second-order valence-electron chi connectivity index (χ2n) is 7.32. The zero-order chi connectivity index (χ0) is 20.2. The van der Waals surface area contributed by atoms with Gasteiger partial charge >= 0.3 is 6.09 Å². The van der Waals surface area contributed by atoms with Crippen molar-refractivity contribution in [2.75, 3.05) is 43.4 Å². The first-order valence-electron chi connectivity index (χ1n) is 8.60. The average Bonchev–Trinajstić information content (AvgIpc) is 2.53. The van der Waals surface area contributed by atoms with E-state index in [1.807, 2.05) is 4.90 Å². The van der Waals surface area contributed by atoms with Crippen LogP contribution in [0.3, 0.4) is 0 Å². The normalized spacial score (nSPS) is 14.4. The lowest BCUT2D eigenvalue weighted by Crippen LogP contribution is -2.47. The van der Waals surface area contributed by atoms with Crippen molar-refractivity contribution in [1.82, 2.24) is 10.2 Å². The van der Waals surface area contributed by atoms with E-state index in [2.05, 4.69) is 10.6 Å². The van der Waals surface area contributed by atoms with Gasteiger partial charge in [-0.25, -0.2) is 4.79 Å². The fourth-order valence-electron chi connectivity index (χ4n) is 2.51. The molecule has 9 heteroatoms. The van der Waals surface area contributed by atoms with Gasteiger partial charge in [0.2, 0.25) is 11.8 Å². The van der Waals surface area contributed by atoms with Gasteiger partial charge < -0.3 is 25.2 Å². The van der Waals surface area contributed by atoms with Crippen molar-refractivity contribution in [3.63, 3.8) is 0 Å². The van der Waals surface area contributed by atoms with E-state index in [1.54, 1.807) is 39.0 Å². The summed E-state index contributed by atoms with van der Waals surface area (Å²) in [6.45, 7) is 6.59. The number of rotatable bonds is 4. The molecular weight excluding hydrogens is 372 g/mol. The van der Waals surface area contributed by atoms with Gasteiger partial charge in [-0.1, -0.05) is 11.6 Å². The molecule has 1 heterocycles. The maximum Gasteiger partial charge on any atom is 0.410 e. The Morgan fingerprint density at radius 2 is 2.07 bits per heavy atom. The van der Waals surface area contributed by atoms with E-state index in [0.717, 1.165) is 5.69 Å². The summed E-state index contributed by atoms with van der Waals surface area (Å²) in [5, 5.41) is 5.89. The van der Waals surface area contributed by atoms with Crippen LogP contribution in [0, 0.1) is 0 Å². The minimum absolute atomic E-state index is 0.0557. The highest BCUT2D eigenvalue weighted by Crippen LogP contribution is 2.29. The first kappa shape index (κ1) is 20.8. The molecule has 0 aromatic heterocycles. The number of ether oxygens (including phenoxy) is 1. The summed E-state index contributed by atoms with van der Waals surface area (Å²) in [4.78, 5) is 38.7. The number of nitrogens with zero attached hydrogens (tertiary/aromatic N) is 2. The predicted octanol–water partition coefficient (Wildman–Crippen LogP) is 2.08. The number of hydrogen-bond donors (Lipinski definition) is 2. The van der Waals surface area contributed by atoms with Crippen LogP contribution in [0.25, 0.3) is 0 Å². The number of anilines is 2. The molecule has 0 atom stereocenters. The second kappa shape index (κ2) is 8.47. The second-order valence-corrected chi connectivity index (χ2v) is 7.73. The van der Waals surface area contributed by atoms with Crippen LogP contribution in [-0.2, 0) is 14.3 Å². The van der Waals surface area contributed by atoms with E-state index in [1.165, 1.54) is 11.9 Å². The van der Waals surface area contributed by atoms with Crippen LogP contribution in [0.15, 0.2) is 18.2 Å². The highest BCUT2D eigenvalue weighted by molar-refractivity contribution is 6.33. The number of carbonyl (C=O) groups is 3. The number of benzene rings is 1. The molecule has 0 aliphatic carbocycles. The van der Waals surface area contributed by atoms with Crippen LogP contribution in [0.4, 0.5) is 16.2 Å². The Morgan fingerprint density at radius 3 is 2.67 bits per heavy atom. The van der Waals surface area contributed by atoms with Crippen molar-refractivity contribution >= 4 is 40.9 Å². The van der Waals surface area contributed by atoms with Crippen molar-refractivity contribution in [1.29, 1.82) is 0 Å². The van der Waals surface area contributed by atoms with Crippen molar-refractivity contribution in [3.05, 3.63) is 23.2 Å². The third-order valence-corrected chi connectivity index (χ3v) is 4.00. The number of carbonyl (C=O) groups excluding carboxylic acids is 3. The highest BCUT2D eigenvalue weighted by atomic mass is 35.5. The standard InChI is InChI=1S/C18H25ClN4O4/c1-18(2,3)27-17(26)22(4)10-16(25)21-12-5-6-14(13(19)9-12)23-8-7-20-15(24)11-23/h5-6,9H,7-8,10-11H2,1-4H3,(H,20,24)(H,21,25). The Balaban J connectivity index is 1.95. The lowest BCUT2D eigenvalue weighted by molar-refractivity contribution is -0.120. The first-order chi connectivity index (χ1) is 12.5. The van der Waals surface area contributed by atoms with Crippen molar-refractivity contribution < 1.29 is 19.1 Å². The summed E-state index contributed by atoms with van der Waals surface area (Å²) in [6.07, 6.45) is -0.575. The van der Waals surface area contributed by atoms with E-state index in [4.69, 9.17) is 16.3 Å². The summed E-state index contributed by atoms with van der Waals surface area (Å²) >= 11 is 6.31. The molecule has 0 bridgehead atoms. The monoisotopic (exact) mass is 396 g/mol.